The average Bonchev–Trinajstić information content (AvgIpc) is 3.23. The molecule has 0 bridgehead atoms. The monoisotopic (exact) mass is 408 g/mol. The van der Waals surface area contributed by atoms with Crippen molar-refractivity contribution in [3.05, 3.63) is 71.2 Å². The van der Waals surface area contributed by atoms with Gasteiger partial charge in [0.15, 0.2) is 18.1 Å². The summed E-state index contributed by atoms with van der Waals surface area (Å²) < 4.78 is 5.11. The number of ether oxygens (including phenoxy) is 1. The largest absolute Gasteiger partial charge is 0.453 e. The van der Waals surface area contributed by atoms with E-state index >= 15 is 0 Å². The molecule has 3 aromatic rings. The third-order valence-corrected chi connectivity index (χ3v) is 4.93. The molecule has 3 rings (SSSR count). The predicted molar refractivity (Wildman–Crippen MR) is 112 cm³/mol. The first kappa shape index (κ1) is 20.4. The minimum absolute atomic E-state index is 0.0707. The van der Waals surface area contributed by atoms with Gasteiger partial charge in [0.1, 0.15) is 5.01 Å². The lowest BCUT2D eigenvalue weighted by Gasteiger charge is -2.06. The molecule has 7 heteroatoms. The van der Waals surface area contributed by atoms with Gasteiger partial charge in [0.05, 0.1) is 0 Å². The molecule has 0 atom stereocenters. The van der Waals surface area contributed by atoms with Gasteiger partial charge in [0.25, 0.3) is 0 Å². The number of hydrogen-bond acceptors (Lipinski definition) is 6. The third kappa shape index (κ3) is 5.58. The van der Waals surface area contributed by atoms with Gasteiger partial charge in [0, 0.05) is 28.6 Å². The van der Waals surface area contributed by atoms with E-state index in [9.17, 15) is 14.4 Å². The van der Waals surface area contributed by atoms with Crippen molar-refractivity contribution in [3.8, 4) is 10.6 Å². The van der Waals surface area contributed by atoms with Crippen molar-refractivity contribution in [2.45, 2.75) is 19.8 Å². The highest BCUT2D eigenvalue weighted by molar-refractivity contribution is 7.13. The molecule has 0 aliphatic rings. The summed E-state index contributed by atoms with van der Waals surface area (Å²) in [5.74, 6) is -1.04. The fourth-order valence-corrected chi connectivity index (χ4v) is 3.35. The highest BCUT2D eigenvalue weighted by atomic mass is 32.1. The summed E-state index contributed by atoms with van der Waals surface area (Å²) >= 11 is 1.34. The maximum Gasteiger partial charge on any atom is 0.358 e. The summed E-state index contributed by atoms with van der Waals surface area (Å²) in [7, 11) is 0. The van der Waals surface area contributed by atoms with E-state index in [-0.39, 0.29) is 24.0 Å². The molecule has 0 unspecified atom stereocenters. The van der Waals surface area contributed by atoms with Crippen LogP contribution in [0, 0.1) is 0 Å². The molecule has 6 nitrogen and oxygen atoms in total. The van der Waals surface area contributed by atoms with Gasteiger partial charge in [-0.1, -0.05) is 37.3 Å². The Labute approximate surface area is 172 Å². The number of carbonyl (C=O) groups is 3. The lowest BCUT2D eigenvalue weighted by Crippen LogP contribution is -2.15. The number of thiazole rings is 1. The highest BCUT2D eigenvalue weighted by Gasteiger charge is 2.16. The quantitative estimate of drug-likeness (QED) is 0.435. The van der Waals surface area contributed by atoms with Crippen LogP contribution in [-0.2, 0) is 9.53 Å². The van der Waals surface area contributed by atoms with E-state index < -0.39 is 5.97 Å². The summed E-state index contributed by atoms with van der Waals surface area (Å²) in [6.07, 6.45) is 1.21. The fourth-order valence-electron chi connectivity index (χ4n) is 2.56. The second-order valence-corrected chi connectivity index (χ2v) is 7.14. The number of Topliss-reactive ketones (excluding diaryl/α,β-unsaturated/α-hetero) is 1. The Morgan fingerprint density at radius 1 is 1.03 bits per heavy atom. The number of rotatable bonds is 8. The van der Waals surface area contributed by atoms with E-state index in [2.05, 4.69) is 10.3 Å². The van der Waals surface area contributed by atoms with Crippen molar-refractivity contribution in [1.29, 1.82) is 0 Å². The average molecular weight is 408 g/mol. The van der Waals surface area contributed by atoms with Crippen LogP contribution >= 0.6 is 11.3 Å². The number of anilines is 1. The summed E-state index contributed by atoms with van der Waals surface area (Å²) in [6.45, 7) is 1.55. The lowest BCUT2D eigenvalue weighted by atomic mass is 10.1. The third-order valence-electron chi connectivity index (χ3n) is 4.04. The smallest absolute Gasteiger partial charge is 0.358 e. The molecule has 29 heavy (non-hydrogen) atoms. The van der Waals surface area contributed by atoms with Gasteiger partial charge in [-0.2, -0.15) is 0 Å². The second kappa shape index (κ2) is 9.75. The van der Waals surface area contributed by atoms with Gasteiger partial charge in [-0.05, 0) is 30.7 Å². The molecule has 148 valence electrons. The molecule has 2 aromatic carbocycles. The van der Waals surface area contributed by atoms with Crippen molar-refractivity contribution in [2.75, 3.05) is 11.9 Å². The van der Waals surface area contributed by atoms with Crippen molar-refractivity contribution in [1.82, 2.24) is 4.98 Å². The van der Waals surface area contributed by atoms with E-state index in [1.165, 1.54) is 11.3 Å². The summed E-state index contributed by atoms with van der Waals surface area (Å²) in [4.78, 5) is 40.3. The number of benzene rings is 2. The minimum Gasteiger partial charge on any atom is -0.453 e. The Kier molecular flexibility index (Phi) is 6.86. The van der Waals surface area contributed by atoms with Crippen molar-refractivity contribution in [3.63, 3.8) is 0 Å². The number of hydrogen-bond donors (Lipinski definition) is 1. The molecule has 0 aliphatic heterocycles. The van der Waals surface area contributed by atoms with Crippen molar-refractivity contribution >= 4 is 34.7 Å². The van der Waals surface area contributed by atoms with Gasteiger partial charge >= 0.3 is 5.97 Å². The molecule has 0 fully saturated rings. The van der Waals surface area contributed by atoms with E-state index in [4.69, 9.17) is 4.74 Å². The van der Waals surface area contributed by atoms with E-state index in [0.717, 1.165) is 12.0 Å². The molecular weight excluding hydrogens is 388 g/mol. The Morgan fingerprint density at radius 3 is 2.45 bits per heavy atom. The van der Waals surface area contributed by atoms with E-state index in [1.807, 2.05) is 37.3 Å². The summed E-state index contributed by atoms with van der Waals surface area (Å²) in [6, 6.07) is 16.0. The summed E-state index contributed by atoms with van der Waals surface area (Å²) in [5, 5.41) is 5.08. The molecule has 1 aromatic heterocycles. The van der Waals surface area contributed by atoms with Crippen LogP contribution in [0.15, 0.2) is 60.0 Å². The van der Waals surface area contributed by atoms with Crippen molar-refractivity contribution < 1.29 is 19.1 Å². The zero-order valence-electron chi connectivity index (χ0n) is 15.9. The molecule has 0 spiro atoms. The first-order valence-corrected chi connectivity index (χ1v) is 10.1. The van der Waals surface area contributed by atoms with Gasteiger partial charge in [-0.15, -0.1) is 11.3 Å². The van der Waals surface area contributed by atoms with Crippen molar-refractivity contribution in [2.24, 2.45) is 0 Å². The highest BCUT2D eigenvalue weighted by Crippen LogP contribution is 2.23. The van der Waals surface area contributed by atoms with Crippen LogP contribution in [0.4, 0.5) is 5.69 Å². The Morgan fingerprint density at radius 2 is 1.76 bits per heavy atom. The predicted octanol–water partition coefficient (Wildman–Crippen LogP) is 4.59. The molecule has 1 N–H and O–H groups in total. The van der Waals surface area contributed by atoms with E-state index in [1.54, 1.807) is 29.6 Å². The zero-order chi connectivity index (χ0) is 20.6. The Hall–Kier alpha value is -3.32. The molecule has 0 saturated heterocycles. The van der Waals surface area contributed by atoms with E-state index in [0.29, 0.717) is 22.7 Å². The molecule has 1 amide bonds. The lowest BCUT2D eigenvalue weighted by molar-refractivity contribution is -0.116. The number of ketones is 1. The van der Waals surface area contributed by atoms with Crippen LogP contribution in [-0.4, -0.2) is 29.3 Å². The Bertz CT molecular complexity index is 997. The second-order valence-electron chi connectivity index (χ2n) is 6.28. The minimum atomic E-state index is -0.639. The molecule has 0 saturated carbocycles. The maximum atomic E-state index is 12.3. The molecule has 1 heterocycles. The van der Waals surface area contributed by atoms with Crippen LogP contribution in [0.5, 0.6) is 0 Å². The maximum absolute atomic E-state index is 12.3. The van der Waals surface area contributed by atoms with Gasteiger partial charge < -0.3 is 10.1 Å². The first-order chi connectivity index (χ1) is 14.1. The molecule has 0 aliphatic carbocycles. The number of nitrogens with zero attached hydrogens (tertiary/aromatic N) is 1. The van der Waals surface area contributed by atoms with Gasteiger partial charge in [-0.3, -0.25) is 9.59 Å². The number of aromatic nitrogens is 1. The fraction of sp³-hybridized carbons (Fsp3) is 0.182. The zero-order valence-corrected chi connectivity index (χ0v) is 16.7. The number of nitrogens with one attached hydrogen (secondary N) is 1. The Balaban J connectivity index is 1.54. The van der Waals surface area contributed by atoms with Crippen LogP contribution in [0.2, 0.25) is 0 Å². The summed E-state index contributed by atoms with van der Waals surface area (Å²) in [5.41, 5.74) is 2.11. The number of amides is 1. The van der Waals surface area contributed by atoms with Crippen LogP contribution in [0.1, 0.15) is 40.6 Å². The van der Waals surface area contributed by atoms with Crippen LogP contribution in [0.25, 0.3) is 10.6 Å². The van der Waals surface area contributed by atoms with Gasteiger partial charge in [0.2, 0.25) is 5.91 Å². The number of carbonyl (C=O) groups excluding carboxylic acids is 3. The van der Waals surface area contributed by atoms with Crippen LogP contribution in [0.3, 0.4) is 0 Å². The molecular formula is C22H20N2O4S. The SMILES string of the molecule is CCCC(=O)Nc1ccc(C(=O)COC(=O)c2csc(-c3ccccc3)n2)cc1. The normalized spacial score (nSPS) is 10.4. The standard InChI is InChI=1S/C22H20N2O4S/c1-2-6-20(26)23-17-11-9-15(10-12-17)19(25)13-28-22(27)18-14-29-21(24-18)16-7-4-3-5-8-16/h3-5,7-12,14H,2,6,13H2,1H3,(H,23,26). The first-order valence-electron chi connectivity index (χ1n) is 9.18. The number of esters is 1. The molecule has 0 radical (unpaired) electrons. The topological polar surface area (TPSA) is 85.4 Å². The van der Waals surface area contributed by atoms with Gasteiger partial charge in [-0.25, -0.2) is 9.78 Å². The van der Waals surface area contributed by atoms with Crippen LogP contribution < -0.4 is 5.32 Å².